The Kier molecular flexibility index (Phi) is 10.5. The minimum Gasteiger partial charge on any atom is -0.471 e. The average Bonchev–Trinajstić information content (AvgIpc) is 2.70. The Labute approximate surface area is 135 Å². The molecule has 1 aliphatic rings. The van der Waals surface area contributed by atoms with Crippen molar-refractivity contribution < 1.29 is 9.53 Å². The fraction of sp³-hybridized carbons (Fsp3) is 0.882. The van der Waals surface area contributed by atoms with Crippen LogP contribution in [-0.4, -0.2) is 29.1 Å². The van der Waals surface area contributed by atoms with Gasteiger partial charge in [0.15, 0.2) is 0 Å². The third-order valence-electron chi connectivity index (χ3n) is 4.02. The van der Waals surface area contributed by atoms with E-state index in [0.29, 0.717) is 18.2 Å². The van der Waals surface area contributed by atoms with Gasteiger partial charge in [0.1, 0.15) is 0 Å². The molecule has 0 aromatic heterocycles. The van der Waals surface area contributed by atoms with Crippen LogP contribution in [0, 0.1) is 0 Å². The maximum Gasteiger partial charge on any atom is 0.266 e. The zero-order chi connectivity index (χ0) is 15.3. The zero-order valence-electron chi connectivity index (χ0n) is 13.6. The first-order valence-corrected chi connectivity index (χ1v) is 9.13. The summed E-state index contributed by atoms with van der Waals surface area (Å²) in [6.07, 6.45) is 14.0. The number of carbonyl (C=O) groups is 1. The molecule has 4 heteroatoms. The molecule has 0 saturated carbocycles. The second-order valence-corrected chi connectivity index (χ2v) is 6.29. The third-order valence-corrected chi connectivity index (χ3v) is 4.36. The summed E-state index contributed by atoms with van der Waals surface area (Å²) < 4.78 is 5.36. The number of thiocarbonyl (C=S) groups is 1. The van der Waals surface area contributed by atoms with E-state index in [1.165, 1.54) is 44.9 Å². The van der Waals surface area contributed by atoms with Crippen molar-refractivity contribution >= 4 is 23.3 Å². The molecule has 0 spiro atoms. The van der Waals surface area contributed by atoms with Crippen molar-refractivity contribution in [3.8, 4) is 0 Å². The van der Waals surface area contributed by atoms with Crippen molar-refractivity contribution in [2.75, 3.05) is 13.2 Å². The largest absolute Gasteiger partial charge is 0.471 e. The van der Waals surface area contributed by atoms with Gasteiger partial charge in [-0.2, -0.15) is 0 Å². The van der Waals surface area contributed by atoms with Crippen LogP contribution in [0.2, 0.25) is 0 Å². The Bertz CT molecular complexity index is 307. The fourth-order valence-electron chi connectivity index (χ4n) is 2.65. The number of hydrogen-bond donors (Lipinski definition) is 0. The molecule has 1 rings (SSSR count). The molecule has 0 bridgehead atoms. The Balaban J connectivity index is 2.01. The number of unbranched alkanes of at least 4 members (excludes halogenated alkanes) is 8. The van der Waals surface area contributed by atoms with Gasteiger partial charge in [-0.05, 0) is 31.5 Å². The van der Waals surface area contributed by atoms with E-state index in [0.717, 1.165) is 32.2 Å². The summed E-state index contributed by atoms with van der Waals surface area (Å²) in [5.74, 6) is 0.143. The van der Waals surface area contributed by atoms with E-state index in [-0.39, 0.29) is 5.91 Å². The molecular weight excluding hydrogens is 282 g/mol. The zero-order valence-corrected chi connectivity index (χ0v) is 14.4. The van der Waals surface area contributed by atoms with Crippen LogP contribution < -0.4 is 0 Å². The molecule has 1 aliphatic heterocycles. The van der Waals surface area contributed by atoms with Gasteiger partial charge in [-0.3, -0.25) is 9.69 Å². The first-order chi connectivity index (χ1) is 10.3. The summed E-state index contributed by atoms with van der Waals surface area (Å²) in [6, 6.07) is 0. The highest BCUT2D eigenvalue weighted by atomic mass is 32.1. The molecule has 122 valence electrons. The molecule has 1 fully saturated rings. The molecule has 0 radical (unpaired) electrons. The van der Waals surface area contributed by atoms with Gasteiger partial charge in [-0.25, -0.2) is 0 Å². The maximum atomic E-state index is 12.1. The standard InChI is InChI=1S/C17H31NO2S/c1-2-3-4-5-6-7-8-9-10-13-16(19)18-14-11-12-15-20-17(18)21/h2-15H2,1H3. The molecule has 1 amide bonds. The topological polar surface area (TPSA) is 29.5 Å². The van der Waals surface area contributed by atoms with E-state index >= 15 is 0 Å². The van der Waals surface area contributed by atoms with E-state index in [1.54, 1.807) is 4.90 Å². The first kappa shape index (κ1) is 18.4. The number of ether oxygens (including phenoxy) is 1. The van der Waals surface area contributed by atoms with E-state index < -0.39 is 0 Å². The lowest BCUT2D eigenvalue weighted by atomic mass is 10.1. The summed E-state index contributed by atoms with van der Waals surface area (Å²) in [5.41, 5.74) is 0. The number of carbonyl (C=O) groups excluding carboxylic acids is 1. The number of rotatable bonds is 10. The SMILES string of the molecule is CCCCCCCCCCCC(=O)N1CCCCOC1=S. The van der Waals surface area contributed by atoms with Crippen LogP contribution in [0.4, 0.5) is 0 Å². The summed E-state index contributed by atoms with van der Waals surface area (Å²) in [6.45, 7) is 3.63. The summed E-state index contributed by atoms with van der Waals surface area (Å²) in [5, 5.41) is 0.383. The van der Waals surface area contributed by atoms with Crippen molar-refractivity contribution in [1.29, 1.82) is 0 Å². The normalized spacial score (nSPS) is 15.7. The molecule has 21 heavy (non-hydrogen) atoms. The molecule has 0 atom stereocenters. The van der Waals surface area contributed by atoms with Crippen LogP contribution in [0.5, 0.6) is 0 Å². The van der Waals surface area contributed by atoms with E-state index in [2.05, 4.69) is 6.92 Å². The highest BCUT2D eigenvalue weighted by Gasteiger charge is 2.20. The lowest BCUT2D eigenvalue weighted by Gasteiger charge is -2.19. The third kappa shape index (κ3) is 8.40. The average molecular weight is 314 g/mol. The van der Waals surface area contributed by atoms with Crippen LogP contribution in [0.3, 0.4) is 0 Å². The van der Waals surface area contributed by atoms with Crippen LogP contribution in [0.15, 0.2) is 0 Å². The van der Waals surface area contributed by atoms with E-state index in [4.69, 9.17) is 17.0 Å². The van der Waals surface area contributed by atoms with Gasteiger partial charge < -0.3 is 4.74 Å². The molecule has 0 unspecified atom stereocenters. The summed E-state index contributed by atoms with van der Waals surface area (Å²) >= 11 is 5.14. The van der Waals surface area contributed by atoms with Gasteiger partial charge in [0.2, 0.25) is 5.91 Å². The number of hydrogen-bond acceptors (Lipinski definition) is 3. The molecule has 1 saturated heterocycles. The van der Waals surface area contributed by atoms with Gasteiger partial charge in [-0.15, -0.1) is 0 Å². The predicted octanol–water partition coefficient (Wildman–Crippen LogP) is 4.83. The van der Waals surface area contributed by atoms with E-state index in [9.17, 15) is 4.79 Å². The smallest absolute Gasteiger partial charge is 0.266 e. The highest BCUT2D eigenvalue weighted by molar-refractivity contribution is 7.80. The van der Waals surface area contributed by atoms with Gasteiger partial charge >= 0.3 is 0 Å². The Hall–Kier alpha value is -0.640. The second kappa shape index (κ2) is 12.0. The lowest BCUT2D eigenvalue weighted by molar-refractivity contribution is -0.128. The summed E-state index contributed by atoms with van der Waals surface area (Å²) in [7, 11) is 0. The molecule has 0 aromatic carbocycles. The van der Waals surface area contributed by atoms with Crippen molar-refractivity contribution in [2.45, 2.75) is 84.0 Å². The van der Waals surface area contributed by atoms with Crippen molar-refractivity contribution in [3.05, 3.63) is 0 Å². The predicted molar refractivity (Wildman–Crippen MR) is 91.3 cm³/mol. The minimum absolute atomic E-state index is 0.143. The number of amides is 1. The fourth-order valence-corrected chi connectivity index (χ4v) is 2.93. The molecule has 1 heterocycles. The Morgan fingerprint density at radius 1 is 1.05 bits per heavy atom. The summed E-state index contributed by atoms with van der Waals surface area (Å²) in [4.78, 5) is 13.8. The molecule has 0 aliphatic carbocycles. The van der Waals surface area contributed by atoms with Crippen LogP contribution in [0.25, 0.3) is 0 Å². The maximum absolute atomic E-state index is 12.1. The van der Waals surface area contributed by atoms with Crippen molar-refractivity contribution in [3.63, 3.8) is 0 Å². The number of nitrogens with zero attached hydrogens (tertiary/aromatic N) is 1. The first-order valence-electron chi connectivity index (χ1n) is 8.73. The highest BCUT2D eigenvalue weighted by Crippen LogP contribution is 2.13. The molecule has 3 nitrogen and oxygen atoms in total. The molecule has 0 aromatic rings. The van der Waals surface area contributed by atoms with Gasteiger partial charge in [-0.1, -0.05) is 58.3 Å². The van der Waals surface area contributed by atoms with E-state index in [1.807, 2.05) is 0 Å². The quantitative estimate of drug-likeness (QED) is 0.427. The van der Waals surface area contributed by atoms with Crippen LogP contribution >= 0.6 is 12.2 Å². The van der Waals surface area contributed by atoms with Gasteiger partial charge in [0.05, 0.1) is 6.61 Å². The molecular formula is C17H31NO2S. The lowest BCUT2D eigenvalue weighted by Crippen LogP contribution is -2.36. The van der Waals surface area contributed by atoms with Crippen LogP contribution in [-0.2, 0) is 9.53 Å². The van der Waals surface area contributed by atoms with Gasteiger partial charge in [0, 0.05) is 13.0 Å². The van der Waals surface area contributed by atoms with Crippen LogP contribution in [0.1, 0.15) is 84.0 Å². The van der Waals surface area contributed by atoms with Gasteiger partial charge in [0.25, 0.3) is 5.17 Å². The molecule has 0 N–H and O–H groups in total. The minimum atomic E-state index is 0.143. The Morgan fingerprint density at radius 2 is 1.67 bits per heavy atom. The van der Waals surface area contributed by atoms with Crippen molar-refractivity contribution in [2.24, 2.45) is 0 Å². The Morgan fingerprint density at radius 3 is 2.33 bits per heavy atom. The second-order valence-electron chi connectivity index (χ2n) is 5.95. The van der Waals surface area contributed by atoms with Crippen molar-refractivity contribution in [1.82, 2.24) is 4.90 Å². The monoisotopic (exact) mass is 313 g/mol.